The van der Waals surface area contributed by atoms with Crippen LogP contribution in [-0.2, 0) is 13.0 Å². The number of hydrogen-bond acceptors (Lipinski definition) is 6. The Balaban J connectivity index is 1.68. The van der Waals surface area contributed by atoms with Crippen molar-refractivity contribution in [1.82, 2.24) is 20.0 Å². The summed E-state index contributed by atoms with van der Waals surface area (Å²) in [7, 11) is 1.65. The van der Waals surface area contributed by atoms with Gasteiger partial charge in [-0.3, -0.25) is 14.6 Å². The molecule has 3 rings (SSSR count). The molecule has 0 bridgehead atoms. The lowest BCUT2D eigenvalue weighted by atomic mass is 10.1. The standard InChI is InChI=1S/C19H19N5O3/c1-3-16-22-17(27-23-16)12-24(2)19(26)13-6-4-8-15(10-13)21-18(25)14-7-5-9-20-11-14/h4-11H,3,12H2,1-2H3,(H,21,25). The molecule has 27 heavy (non-hydrogen) atoms. The molecule has 138 valence electrons. The molecule has 1 aromatic carbocycles. The van der Waals surface area contributed by atoms with Gasteiger partial charge in [-0.25, -0.2) is 0 Å². The number of benzene rings is 1. The number of anilines is 1. The van der Waals surface area contributed by atoms with E-state index in [1.54, 1.807) is 49.6 Å². The van der Waals surface area contributed by atoms with E-state index in [0.29, 0.717) is 35.0 Å². The molecular weight excluding hydrogens is 346 g/mol. The molecule has 0 radical (unpaired) electrons. The van der Waals surface area contributed by atoms with Gasteiger partial charge in [-0.05, 0) is 30.3 Å². The van der Waals surface area contributed by atoms with Crippen LogP contribution >= 0.6 is 0 Å². The van der Waals surface area contributed by atoms with Crippen LogP contribution in [0.3, 0.4) is 0 Å². The van der Waals surface area contributed by atoms with E-state index < -0.39 is 0 Å². The van der Waals surface area contributed by atoms with Crippen LogP contribution in [0.15, 0.2) is 53.3 Å². The molecule has 3 aromatic rings. The summed E-state index contributed by atoms with van der Waals surface area (Å²) in [6.45, 7) is 2.13. The topological polar surface area (TPSA) is 101 Å². The van der Waals surface area contributed by atoms with Crippen molar-refractivity contribution in [2.24, 2.45) is 0 Å². The normalized spacial score (nSPS) is 10.4. The molecule has 8 nitrogen and oxygen atoms in total. The second-order valence-electron chi connectivity index (χ2n) is 5.90. The van der Waals surface area contributed by atoms with Crippen LogP contribution in [0.4, 0.5) is 5.69 Å². The van der Waals surface area contributed by atoms with Crippen molar-refractivity contribution < 1.29 is 14.1 Å². The lowest BCUT2D eigenvalue weighted by Crippen LogP contribution is -2.26. The molecule has 0 spiro atoms. The largest absolute Gasteiger partial charge is 0.337 e. The van der Waals surface area contributed by atoms with Gasteiger partial charge >= 0.3 is 0 Å². The third-order valence-electron chi connectivity index (χ3n) is 3.84. The van der Waals surface area contributed by atoms with E-state index in [4.69, 9.17) is 4.52 Å². The number of nitrogens with zero attached hydrogens (tertiary/aromatic N) is 4. The number of amides is 2. The number of hydrogen-bond donors (Lipinski definition) is 1. The Morgan fingerprint density at radius 1 is 1.19 bits per heavy atom. The molecule has 0 aliphatic heterocycles. The molecule has 2 amide bonds. The SMILES string of the molecule is CCc1noc(CN(C)C(=O)c2cccc(NC(=O)c3cccnc3)c2)n1. The molecule has 0 saturated heterocycles. The van der Waals surface area contributed by atoms with E-state index in [-0.39, 0.29) is 18.4 Å². The maximum atomic E-state index is 12.6. The number of aromatic nitrogens is 3. The van der Waals surface area contributed by atoms with E-state index in [1.807, 2.05) is 6.92 Å². The third-order valence-corrected chi connectivity index (χ3v) is 3.84. The van der Waals surface area contributed by atoms with Gasteiger partial charge in [0.05, 0.1) is 12.1 Å². The average molecular weight is 365 g/mol. The molecule has 1 N–H and O–H groups in total. The first-order chi connectivity index (χ1) is 13.1. The van der Waals surface area contributed by atoms with Crippen LogP contribution < -0.4 is 5.32 Å². The fraction of sp³-hybridized carbons (Fsp3) is 0.211. The van der Waals surface area contributed by atoms with Crippen LogP contribution in [0.5, 0.6) is 0 Å². The maximum absolute atomic E-state index is 12.6. The number of aryl methyl sites for hydroxylation is 1. The zero-order valence-corrected chi connectivity index (χ0v) is 15.0. The monoisotopic (exact) mass is 365 g/mol. The molecule has 8 heteroatoms. The highest BCUT2D eigenvalue weighted by Crippen LogP contribution is 2.15. The van der Waals surface area contributed by atoms with Gasteiger partial charge in [-0.2, -0.15) is 4.98 Å². The van der Waals surface area contributed by atoms with Crippen molar-refractivity contribution >= 4 is 17.5 Å². The van der Waals surface area contributed by atoms with Crippen LogP contribution in [0.25, 0.3) is 0 Å². The summed E-state index contributed by atoms with van der Waals surface area (Å²) in [5.74, 6) is 0.470. The Hall–Kier alpha value is -3.55. The van der Waals surface area contributed by atoms with E-state index in [9.17, 15) is 9.59 Å². The minimum absolute atomic E-state index is 0.206. The summed E-state index contributed by atoms with van der Waals surface area (Å²) in [5.41, 5.74) is 1.40. The molecule has 2 aromatic heterocycles. The predicted molar refractivity (Wildman–Crippen MR) is 98.1 cm³/mol. The van der Waals surface area contributed by atoms with Crippen LogP contribution in [-0.4, -0.2) is 38.9 Å². The summed E-state index contributed by atoms with van der Waals surface area (Å²) >= 11 is 0. The van der Waals surface area contributed by atoms with E-state index in [1.165, 1.54) is 11.1 Å². The van der Waals surface area contributed by atoms with Crippen molar-refractivity contribution in [2.45, 2.75) is 19.9 Å². The second-order valence-corrected chi connectivity index (χ2v) is 5.90. The second kappa shape index (κ2) is 8.22. The van der Waals surface area contributed by atoms with E-state index in [2.05, 4.69) is 20.4 Å². The van der Waals surface area contributed by atoms with Crippen LogP contribution in [0.1, 0.15) is 39.4 Å². The molecule has 0 aliphatic rings. The Labute approximate surface area is 156 Å². The number of nitrogens with one attached hydrogen (secondary N) is 1. The minimum atomic E-state index is -0.293. The predicted octanol–water partition coefficient (Wildman–Crippen LogP) is 2.55. The smallest absolute Gasteiger partial charge is 0.257 e. The molecule has 0 aliphatic carbocycles. The molecule has 0 atom stereocenters. The van der Waals surface area contributed by atoms with Gasteiger partial charge in [-0.1, -0.05) is 18.1 Å². The van der Waals surface area contributed by atoms with Gasteiger partial charge < -0.3 is 14.7 Å². The minimum Gasteiger partial charge on any atom is -0.337 e. The highest BCUT2D eigenvalue weighted by molar-refractivity contribution is 6.04. The maximum Gasteiger partial charge on any atom is 0.257 e. The van der Waals surface area contributed by atoms with E-state index in [0.717, 1.165) is 0 Å². The first-order valence-corrected chi connectivity index (χ1v) is 8.45. The van der Waals surface area contributed by atoms with Crippen LogP contribution in [0, 0.1) is 0 Å². The van der Waals surface area contributed by atoms with Crippen molar-refractivity contribution in [2.75, 3.05) is 12.4 Å². The van der Waals surface area contributed by atoms with Crippen molar-refractivity contribution in [1.29, 1.82) is 0 Å². The molecule has 0 unspecified atom stereocenters. The summed E-state index contributed by atoms with van der Waals surface area (Å²) in [5, 5.41) is 6.58. The van der Waals surface area contributed by atoms with Gasteiger partial charge in [0.15, 0.2) is 5.82 Å². The Kier molecular flexibility index (Phi) is 5.55. The molecular formula is C19H19N5O3. The summed E-state index contributed by atoms with van der Waals surface area (Å²) < 4.78 is 5.12. The number of pyridine rings is 1. The summed E-state index contributed by atoms with van der Waals surface area (Å²) in [4.78, 5) is 34.5. The first-order valence-electron chi connectivity index (χ1n) is 8.45. The lowest BCUT2D eigenvalue weighted by molar-refractivity contribution is 0.0769. The number of rotatable bonds is 6. The fourth-order valence-electron chi connectivity index (χ4n) is 2.42. The Morgan fingerprint density at radius 3 is 2.70 bits per heavy atom. The van der Waals surface area contributed by atoms with Gasteiger partial charge in [-0.15, -0.1) is 0 Å². The van der Waals surface area contributed by atoms with Gasteiger partial charge in [0.25, 0.3) is 11.8 Å². The molecule has 0 fully saturated rings. The first kappa shape index (κ1) is 18.2. The summed E-state index contributed by atoms with van der Waals surface area (Å²) in [6.07, 6.45) is 3.74. The van der Waals surface area contributed by atoms with Crippen molar-refractivity contribution in [3.63, 3.8) is 0 Å². The fourth-order valence-corrected chi connectivity index (χ4v) is 2.42. The summed E-state index contributed by atoms with van der Waals surface area (Å²) in [6, 6.07) is 10.1. The Bertz CT molecular complexity index is 939. The highest BCUT2D eigenvalue weighted by atomic mass is 16.5. The van der Waals surface area contributed by atoms with Gasteiger partial charge in [0.1, 0.15) is 0 Å². The Morgan fingerprint density at radius 2 is 2.00 bits per heavy atom. The zero-order chi connectivity index (χ0) is 19.2. The third kappa shape index (κ3) is 4.55. The zero-order valence-electron chi connectivity index (χ0n) is 15.0. The number of carbonyl (C=O) groups excluding carboxylic acids is 2. The molecule has 0 saturated carbocycles. The average Bonchev–Trinajstić information content (AvgIpc) is 3.15. The lowest BCUT2D eigenvalue weighted by Gasteiger charge is -2.15. The molecule has 2 heterocycles. The van der Waals surface area contributed by atoms with E-state index >= 15 is 0 Å². The van der Waals surface area contributed by atoms with Crippen LogP contribution in [0.2, 0.25) is 0 Å². The quantitative estimate of drug-likeness (QED) is 0.720. The number of carbonyl (C=O) groups is 2. The van der Waals surface area contributed by atoms with Crippen molar-refractivity contribution in [3.8, 4) is 0 Å². The highest BCUT2D eigenvalue weighted by Gasteiger charge is 2.16. The van der Waals surface area contributed by atoms with Gasteiger partial charge in [0, 0.05) is 37.1 Å². The van der Waals surface area contributed by atoms with Crippen molar-refractivity contribution in [3.05, 3.63) is 71.6 Å². The van der Waals surface area contributed by atoms with Gasteiger partial charge in [0.2, 0.25) is 5.89 Å².